The third-order valence-corrected chi connectivity index (χ3v) is 5.88. The molecule has 1 aliphatic rings. The number of nitrogens with one attached hydrogen (secondary N) is 2. The third-order valence-electron chi connectivity index (χ3n) is 5.12. The number of benzene rings is 1. The third kappa shape index (κ3) is 18.9. The number of aliphatic hydroxyl groups excluding tert-OH is 4. The Balaban J connectivity index is 0. The average Bonchev–Trinajstić information content (AvgIpc) is 3.29. The number of aliphatic hydroxyl groups is 4. The molecule has 5 atom stereocenters. The highest BCUT2D eigenvalue weighted by Crippen LogP contribution is 2.22. The molecule has 0 bridgehead atoms. The Hall–Kier alpha value is -4.48. The molecule has 15 N–H and O–H groups in total. The Morgan fingerprint density at radius 2 is 1.40 bits per heavy atom. The van der Waals surface area contributed by atoms with Gasteiger partial charge in [-0.3, -0.25) is 24.0 Å². The fourth-order valence-corrected chi connectivity index (χ4v) is 2.93. The SMILES string of the molecule is N[C@@H](CCC(=O)N[C@@H](CS)C(=O)NCC(=O)O)C(=O)O.N[C@@H](CS)C(=O)O.O=C1O[C@H]([C@@H](O)CO)C(O)=C1O.Oc1ccccc1O. The summed E-state index contributed by atoms with van der Waals surface area (Å²) >= 11 is 7.52. The van der Waals surface area contributed by atoms with Gasteiger partial charge in [0.2, 0.25) is 17.6 Å². The molecule has 0 saturated heterocycles. The molecule has 1 heterocycles. The van der Waals surface area contributed by atoms with Crippen LogP contribution in [-0.4, -0.2) is 137 Å². The number of rotatable bonds is 13. The van der Waals surface area contributed by atoms with E-state index in [9.17, 15) is 28.8 Å². The van der Waals surface area contributed by atoms with Crippen LogP contribution < -0.4 is 22.1 Å². The Bertz CT molecular complexity index is 1210. The number of nitrogens with two attached hydrogens (primary N) is 2. The van der Waals surface area contributed by atoms with Gasteiger partial charge in [0.1, 0.15) is 30.8 Å². The van der Waals surface area contributed by atoms with Crippen molar-refractivity contribution in [2.75, 3.05) is 24.7 Å². The minimum Gasteiger partial charge on any atom is -0.505 e. The van der Waals surface area contributed by atoms with Crippen LogP contribution in [0.15, 0.2) is 35.8 Å². The van der Waals surface area contributed by atoms with Crippen LogP contribution in [0.2, 0.25) is 0 Å². The Labute approximate surface area is 277 Å². The molecule has 1 aromatic rings. The number of amides is 2. The van der Waals surface area contributed by atoms with Crippen LogP contribution in [0.4, 0.5) is 0 Å². The van der Waals surface area contributed by atoms with Crippen molar-refractivity contribution < 1.29 is 79.5 Å². The fraction of sp³-hybridized carbons (Fsp3) is 0.440. The van der Waals surface area contributed by atoms with Gasteiger partial charge in [-0.2, -0.15) is 25.3 Å². The van der Waals surface area contributed by atoms with Crippen molar-refractivity contribution in [2.45, 2.75) is 43.2 Å². The Morgan fingerprint density at radius 1 is 0.894 bits per heavy atom. The number of hydrogen-bond acceptors (Lipinski definition) is 17. The molecule has 0 fully saturated rings. The predicted octanol–water partition coefficient (Wildman–Crippen LogP) is -3.19. The van der Waals surface area contributed by atoms with E-state index in [1.165, 1.54) is 12.1 Å². The summed E-state index contributed by atoms with van der Waals surface area (Å²) in [4.78, 5) is 64.0. The highest BCUT2D eigenvalue weighted by atomic mass is 32.1. The summed E-state index contributed by atoms with van der Waals surface area (Å²) in [6.45, 7) is -1.24. The van der Waals surface area contributed by atoms with Crippen molar-refractivity contribution in [3.8, 4) is 11.5 Å². The van der Waals surface area contributed by atoms with Gasteiger partial charge in [-0.05, 0) is 18.6 Å². The van der Waals surface area contributed by atoms with E-state index in [1.807, 2.05) is 0 Å². The van der Waals surface area contributed by atoms with Crippen LogP contribution in [0.1, 0.15) is 12.8 Å². The number of aromatic hydroxyl groups is 2. The number of aliphatic carboxylic acids is 3. The highest BCUT2D eigenvalue weighted by molar-refractivity contribution is 7.80. The number of carbonyl (C=O) groups excluding carboxylic acids is 3. The summed E-state index contributed by atoms with van der Waals surface area (Å²) in [6.07, 6.45) is -3.01. The van der Waals surface area contributed by atoms with E-state index in [-0.39, 0.29) is 35.8 Å². The zero-order chi connectivity index (χ0) is 36.9. The highest BCUT2D eigenvalue weighted by Gasteiger charge is 2.38. The van der Waals surface area contributed by atoms with Crippen LogP contribution in [0, 0.1) is 0 Å². The van der Waals surface area contributed by atoms with Gasteiger partial charge in [0, 0.05) is 17.9 Å². The first kappa shape index (κ1) is 44.6. The molecule has 2 amide bonds. The lowest BCUT2D eigenvalue weighted by Crippen LogP contribution is -2.49. The number of carboxylic acids is 3. The maximum Gasteiger partial charge on any atom is 0.377 e. The molecule has 0 radical (unpaired) electrons. The number of phenols is 2. The maximum atomic E-state index is 11.5. The number of para-hydroxylation sites is 2. The summed E-state index contributed by atoms with van der Waals surface area (Å²) in [7, 11) is 0. The monoisotopic (exact) mass is 714 g/mol. The minimum absolute atomic E-state index is 0.0256. The van der Waals surface area contributed by atoms with Gasteiger partial charge in [-0.15, -0.1) is 0 Å². The molecule has 1 aliphatic heterocycles. The number of esters is 1. The van der Waals surface area contributed by atoms with E-state index >= 15 is 0 Å². The van der Waals surface area contributed by atoms with E-state index in [0.717, 1.165) is 0 Å². The van der Waals surface area contributed by atoms with E-state index in [4.69, 9.17) is 57.4 Å². The van der Waals surface area contributed by atoms with Crippen LogP contribution in [0.3, 0.4) is 0 Å². The lowest BCUT2D eigenvalue weighted by Gasteiger charge is -2.16. The quantitative estimate of drug-likeness (QED) is 0.0543. The molecule has 2 rings (SSSR count). The molecule has 0 saturated carbocycles. The van der Waals surface area contributed by atoms with Gasteiger partial charge in [-0.25, -0.2) is 4.79 Å². The van der Waals surface area contributed by atoms with E-state index in [2.05, 4.69) is 40.6 Å². The molecule has 266 valence electrons. The van der Waals surface area contributed by atoms with Crippen molar-refractivity contribution in [1.29, 1.82) is 0 Å². The number of thiol groups is 2. The molecule has 1 aromatic carbocycles. The molecule has 47 heavy (non-hydrogen) atoms. The molecule has 20 nitrogen and oxygen atoms in total. The summed E-state index contributed by atoms with van der Waals surface area (Å²) < 4.78 is 4.32. The van der Waals surface area contributed by atoms with Gasteiger partial charge >= 0.3 is 23.9 Å². The van der Waals surface area contributed by atoms with E-state index in [0.29, 0.717) is 0 Å². The second-order valence-corrected chi connectivity index (χ2v) is 9.55. The van der Waals surface area contributed by atoms with Crippen molar-refractivity contribution in [1.82, 2.24) is 10.6 Å². The van der Waals surface area contributed by atoms with E-state index < -0.39 is 90.7 Å². The van der Waals surface area contributed by atoms with Crippen molar-refractivity contribution in [2.24, 2.45) is 11.5 Å². The topological polar surface area (TPSA) is 370 Å². The van der Waals surface area contributed by atoms with Crippen molar-refractivity contribution >= 4 is 60.9 Å². The van der Waals surface area contributed by atoms with Gasteiger partial charge in [0.25, 0.3) is 0 Å². The number of cyclic esters (lactones) is 1. The first-order valence-electron chi connectivity index (χ1n) is 12.9. The molecule has 0 aliphatic carbocycles. The number of phenolic OH excluding ortho intramolecular Hbond substituents is 2. The number of hydrogen-bond donors (Lipinski definition) is 15. The maximum absolute atomic E-state index is 11.5. The van der Waals surface area contributed by atoms with Gasteiger partial charge in [0.15, 0.2) is 23.4 Å². The summed E-state index contributed by atoms with van der Waals surface area (Å²) in [5.41, 5.74) is 10.2. The summed E-state index contributed by atoms with van der Waals surface area (Å²) in [5.74, 6) is -7.45. The van der Waals surface area contributed by atoms with Crippen LogP contribution in [0.25, 0.3) is 0 Å². The molecule has 0 spiro atoms. The first-order valence-corrected chi connectivity index (χ1v) is 14.2. The van der Waals surface area contributed by atoms with Gasteiger partial charge in [0.05, 0.1) is 6.61 Å². The normalized spacial score (nSPS) is 15.7. The lowest BCUT2D eigenvalue weighted by molar-refractivity contribution is -0.148. The summed E-state index contributed by atoms with van der Waals surface area (Å²) in [6, 6.07) is 3.18. The number of ether oxygens (including phenoxy) is 1. The zero-order valence-corrected chi connectivity index (χ0v) is 26.2. The molecular weight excluding hydrogens is 676 g/mol. The van der Waals surface area contributed by atoms with Crippen molar-refractivity contribution in [3.05, 3.63) is 35.8 Å². The minimum atomic E-state index is -1.42. The second-order valence-electron chi connectivity index (χ2n) is 8.82. The average molecular weight is 715 g/mol. The second kappa shape index (κ2) is 23.8. The number of carboxylic acid groups (broad SMARTS) is 3. The zero-order valence-electron chi connectivity index (χ0n) is 24.4. The van der Waals surface area contributed by atoms with Crippen LogP contribution in [-0.2, 0) is 33.5 Å². The molecule has 0 aromatic heterocycles. The van der Waals surface area contributed by atoms with Gasteiger partial charge < -0.3 is 72.8 Å². The smallest absolute Gasteiger partial charge is 0.377 e. The Kier molecular flexibility index (Phi) is 22.6. The molecular formula is C25H38N4O16S2. The van der Waals surface area contributed by atoms with Crippen LogP contribution >= 0.6 is 25.3 Å². The van der Waals surface area contributed by atoms with Gasteiger partial charge in [-0.1, -0.05) is 12.1 Å². The predicted molar refractivity (Wildman–Crippen MR) is 166 cm³/mol. The van der Waals surface area contributed by atoms with E-state index in [1.54, 1.807) is 12.1 Å². The largest absolute Gasteiger partial charge is 0.505 e. The summed E-state index contributed by atoms with van der Waals surface area (Å²) in [5, 5.41) is 81.8. The first-order chi connectivity index (χ1) is 21.8. The standard InChI is InChI=1S/C10H17N3O6S.C6H8O6.C6H6O2.C3H7NO2S/c11-5(10(18)19)1-2-7(14)13-6(4-20)9(17)12-3-8(15)16;7-1-2(8)5-3(9)4(10)6(11)12-5;7-5-3-1-2-4-6(5)8;4-2(1-7)3(5)6/h5-6,20H,1-4,11H2,(H,12,17)(H,13,14)(H,15,16)(H,18,19);2,5,7-10H,1H2;1-4,7-8H;2,7H,1,4H2,(H,5,6)/t5-,6-;2-,5+;;2-/m00.0/s1. The van der Waals surface area contributed by atoms with Crippen molar-refractivity contribution in [3.63, 3.8) is 0 Å². The van der Waals surface area contributed by atoms with Crippen LogP contribution in [0.5, 0.6) is 11.5 Å². The molecule has 0 unspecified atom stereocenters. The Morgan fingerprint density at radius 3 is 1.72 bits per heavy atom. The lowest BCUT2D eigenvalue weighted by atomic mass is 10.1. The molecule has 22 heteroatoms. The fourth-order valence-electron chi connectivity index (χ4n) is 2.52. The number of carbonyl (C=O) groups is 6.